The van der Waals surface area contributed by atoms with E-state index in [-0.39, 0.29) is 23.0 Å². The van der Waals surface area contributed by atoms with Gasteiger partial charge < -0.3 is 20.8 Å². The highest BCUT2D eigenvalue weighted by atomic mass is 16.3. The minimum absolute atomic E-state index is 0.0135. The predicted octanol–water partition coefficient (Wildman–Crippen LogP) is 1.42. The Bertz CT molecular complexity index is 479. The third kappa shape index (κ3) is 4.59. The molecule has 6 nitrogen and oxygen atoms in total. The maximum atomic E-state index is 12.1. The molecule has 1 aliphatic rings. The van der Waals surface area contributed by atoms with Gasteiger partial charge in [-0.2, -0.15) is 0 Å². The Labute approximate surface area is 130 Å². The number of hydrogen-bond donors (Lipinski definition) is 3. The molecule has 2 rings (SSSR count). The number of carbonyl (C=O) groups is 2. The molecule has 1 saturated carbocycles. The summed E-state index contributed by atoms with van der Waals surface area (Å²) >= 11 is 0. The van der Waals surface area contributed by atoms with Crippen LogP contribution in [0.5, 0.6) is 0 Å². The zero-order valence-corrected chi connectivity index (χ0v) is 12.9. The smallest absolute Gasteiger partial charge is 0.287 e. The monoisotopic (exact) mass is 307 g/mol. The van der Waals surface area contributed by atoms with Gasteiger partial charge in [-0.25, -0.2) is 0 Å². The van der Waals surface area contributed by atoms with Gasteiger partial charge in [-0.3, -0.25) is 9.59 Å². The normalized spacial score (nSPS) is 17.0. The molecule has 0 spiro atoms. The van der Waals surface area contributed by atoms with Crippen LogP contribution in [-0.2, 0) is 4.79 Å². The van der Waals surface area contributed by atoms with Gasteiger partial charge in [-0.1, -0.05) is 19.3 Å². The van der Waals surface area contributed by atoms with Crippen molar-refractivity contribution in [2.75, 3.05) is 19.6 Å². The topological polar surface area (TPSA) is 97.4 Å². The van der Waals surface area contributed by atoms with E-state index in [1.165, 1.54) is 12.7 Å². The predicted molar refractivity (Wildman–Crippen MR) is 83.2 cm³/mol. The van der Waals surface area contributed by atoms with Crippen LogP contribution in [0.1, 0.15) is 49.1 Å². The lowest BCUT2D eigenvalue weighted by Crippen LogP contribution is -2.40. The molecule has 0 bridgehead atoms. The van der Waals surface area contributed by atoms with Crippen molar-refractivity contribution in [3.05, 3.63) is 24.2 Å². The largest absolute Gasteiger partial charge is 0.459 e. The van der Waals surface area contributed by atoms with Crippen LogP contribution in [0.25, 0.3) is 0 Å². The molecule has 0 atom stereocenters. The Kier molecular flexibility index (Phi) is 6.00. The van der Waals surface area contributed by atoms with E-state index in [4.69, 9.17) is 10.2 Å². The fourth-order valence-electron chi connectivity index (χ4n) is 3.03. The number of hydrogen-bond acceptors (Lipinski definition) is 4. The van der Waals surface area contributed by atoms with E-state index in [1.807, 2.05) is 0 Å². The van der Waals surface area contributed by atoms with Crippen LogP contribution in [0.4, 0.5) is 0 Å². The average Bonchev–Trinajstić information content (AvgIpc) is 3.07. The Hall–Kier alpha value is -1.82. The number of carbonyl (C=O) groups excluding carboxylic acids is 2. The number of rotatable bonds is 7. The molecule has 1 aliphatic carbocycles. The van der Waals surface area contributed by atoms with Gasteiger partial charge in [0, 0.05) is 19.5 Å². The Morgan fingerprint density at radius 2 is 1.91 bits per heavy atom. The molecule has 0 aromatic carbocycles. The molecule has 22 heavy (non-hydrogen) atoms. The van der Waals surface area contributed by atoms with E-state index in [1.54, 1.807) is 12.1 Å². The van der Waals surface area contributed by atoms with Crippen molar-refractivity contribution in [1.29, 1.82) is 0 Å². The first-order valence-corrected chi connectivity index (χ1v) is 7.94. The molecule has 0 saturated heterocycles. The molecule has 0 radical (unpaired) electrons. The van der Waals surface area contributed by atoms with Crippen molar-refractivity contribution in [2.24, 2.45) is 11.1 Å². The minimum atomic E-state index is -0.273. The number of amides is 2. The van der Waals surface area contributed by atoms with Crippen LogP contribution in [0.15, 0.2) is 22.8 Å². The van der Waals surface area contributed by atoms with Crippen molar-refractivity contribution in [2.45, 2.75) is 38.5 Å². The summed E-state index contributed by atoms with van der Waals surface area (Å²) in [4.78, 5) is 23.7. The molecule has 2 amide bonds. The molecule has 1 heterocycles. The van der Waals surface area contributed by atoms with Crippen molar-refractivity contribution in [1.82, 2.24) is 10.6 Å². The van der Waals surface area contributed by atoms with E-state index in [0.717, 1.165) is 25.7 Å². The van der Waals surface area contributed by atoms with Gasteiger partial charge in [-0.05, 0) is 36.9 Å². The second-order valence-corrected chi connectivity index (χ2v) is 6.02. The van der Waals surface area contributed by atoms with Crippen molar-refractivity contribution >= 4 is 11.8 Å². The summed E-state index contributed by atoms with van der Waals surface area (Å²) in [7, 11) is 0. The van der Waals surface area contributed by atoms with Crippen LogP contribution in [0.3, 0.4) is 0 Å². The molecule has 4 N–H and O–H groups in total. The molecule has 1 fully saturated rings. The Balaban J connectivity index is 1.66. The van der Waals surface area contributed by atoms with E-state index >= 15 is 0 Å². The molecule has 1 aromatic heterocycles. The standard InChI is InChI=1S/C16H25N3O3/c17-12-16(6-2-1-3-7-16)11-14(20)18-8-9-19-15(21)13-5-4-10-22-13/h4-5,10H,1-3,6-9,11-12,17H2,(H,18,20)(H,19,21). The third-order valence-corrected chi connectivity index (χ3v) is 4.36. The lowest BCUT2D eigenvalue weighted by molar-refractivity contribution is -0.123. The fourth-order valence-corrected chi connectivity index (χ4v) is 3.03. The first kappa shape index (κ1) is 16.5. The number of furan rings is 1. The quantitative estimate of drug-likeness (QED) is 0.664. The lowest BCUT2D eigenvalue weighted by atomic mass is 9.71. The molecule has 0 unspecified atom stereocenters. The highest BCUT2D eigenvalue weighted by molar-refractivity contribution is 5.91. The van der Waals surface area contributed by atoms with Crippen molar-refractivity contribution in [3.8, 4) is 0 Å². The van der Waals surface area contributed by atoms with Crippen LogP contribution >= 0.6 is 0 Å². The highest BCUT2D eigenvalue weighted by Crippen LogP contribution is 2.38. The Morgan fingerprint density at radius 1 is 1.18 bits per heavy atom. The molecule has 122 valence electrons. The van der Waals surface area contributed by atoms with Crippen LogP contribution < -0.4 is 16.4 Å². The molecular weight excluding hydrogens is 282 g/mol. The average molecular weight is 307 g/mol. The van der Waals surface area contributed by atoms with Gasteiger partial charge in [0.2, 0.25) is 5.91 Å². The van der Waals surface area contributed by atoms with Crippen LogP contribution in [-0.4, -0.2) is 31.4 Å². The van der Waals surface area contributed by atoms with Gasteiger partial charge in [0.15, 0.2) is 5.76 Å². The van der Waals surface area contributed by atoms with Gasteiger partial charge in [0.05, 0.1) is 6.26 Å². The van der Waals surface area contributed by atoms with E-state index in [2.05, 4.69) is 10.6 Å². The van der Waals surface area contributed by atoms with E-state index in [9.17, 15) is 9.59 Å². The molecule has 1 aromatic rings. The fraction of sp³-hybridized carbons (Fsp3) is 0.625. The van der Waals surface area contributed by atoms with Crippen molar-refractivity contribution < 1.29 is 14.0 Å². The maximum Gasteiger partial charge on any atom is 0.287 e. The lowest BCUT2D eigenvalue weighted by Gasteiger charge is -2.35. The summed E-state index contributed by atoms with van der Waals surface area (Å²) in [5, 5.41) is 5.55. The van der Waals surface area contributed by atoms with Gasteiger partial charge in [0.25, 0.3) is 5.91 Å². The summed E-state index contributed by atoms with van der Waals surface area (Å²) < 4.78 is 4.99. The maximum absolute atomic E-state index is 12.1. The summed E-state index contributed by atoms with van der Waals surface area (Å²) in [5.41, 5.74) is 5.86. The van der Waals surface area contributed by atoms with Gasteiger partial charge >= 0.3 is 0 Å². The molecular formula is C16H25N3O3. The first-order valence-electron chi connectivity index (χ1n) is 7.94. The van der Waals surface area contributed by atoms with Gasteiger partial charge in [0.1, 0.15) is 0 Å². The summed E-state index contributed by atoms with van der Waals surface area (Å²) in [6.07, 6.45) is 7.55. The number of nitrogens with two attached hydrogens (primary N) is 1. The zero-order valence-electron chi connectivity index (χ0n) is 12.9. The Morgan fingerprint density at radius 3 is 2.55 bits per heavy atom. The SMILES string of the molecule is NCC1(CC(=O)NCCNC(=O)c2ccco2)CCCCC1. The van der Waals surface area contributed by atoms with Crippen LogP contribution in [0.2, 0.25) is 0 Å². The second-order valence-electron chi connectivity index (χ2n) is 6.02. The van der Waals surface area contributed by atoms with Gasteiger partial charge in [-0.15, -0.1) is 0 Å². The second kappa shape index (κ2) is 7.98. The third-order valence-electron chi connectivity index (χ3n) is 4.36. The van der Waals surface area contributed by atoms with E-state index in [0.29, 0.717) is 26.1 Å². The van der Waals surface area contributed by atoms with Crippen LogP contribution in [0, 0.1) is 5.41 Å². The van der Waals surface area contributed by atoms with Crippen molar-refractivity contribution in [3.63, 3.8) is 0 Å². The molecule has 0 aliphatic heterocycles. The number of nitrogens with one attached hydrogen (secondary N) is 2. The first-order chi connectivity index (χ1) is 10.7. The highest BCUT2D eigenvalue weighted by Gasteiger charge is 2.32. The summed E-state index contributed by atoms with van der Waals surface area (Å²) in [6.45, 7) is 1.35. The zero-order chi connectivity index (χ0) is 15.8. The van der Waals surface area contributed by atoms with E-state index < -0.39 is 0 Å². The summed E-state index contributed by atoms with van der Waals surface area (Å²) in [5.74, 6) is 0.0140. The summed E-state index contributed by atoms with van der Waals surface area (Å²) in [6, 6.07) is 3.26. The minimum Gasteiger partial charge on any atom is -0.459 e. The molecule has 6 heteroatoms.